The number of hydrogen-bond acceptors (Lipinski definition) is 5. The molecule has 0 radical (unpaired) electrons. The van der Waals surface area contributed by atoms with Gasteiger partial charge in [0, 0.05) is 6.42 Å². The zero-order valence-corrected chi connectivity index (χ0v) is 14.4. The summed E-state index contributed by atoms with van der Waals surface area (Å²) in [4.78, 5) is 0. The molecule has 0 aromatic carbocycles. The minimum atomic E-state index is -6.72. The summed E-state index contributed by atoms with van der Waals surface area (Å²) in [7, 11) is -13.4. The first-order chi connectivity index (χ1) is 11.5. The van der Waals surface area contributed by atoms with Gasteiger partial charge in [0.15, 0.2) is 26.3 Å². The fourth-order valence-corrected chi connectivity index (χ4v) is 2.80. The second-order valence-electron chi connectivity index (χ2n) is 4.30. The van der Waals surface area contributed by atoms with E-state index in [1.807, 2.05) is 19.3 Å². The molecule has 0 aliphatic carbocycles. The number of alkyl halides is 6. The highest BCUT2D eigenvalue weighted by Crippen LogP contribution is 2.36. The Morgan fingerprint density at radius 1 is 1.15 bits per heavy atom. The third-order valence-corrected chi connectivity index (χ3v) is 5.12. The van der Waals surface area contributed by atoms with Gasteiger partial charge < -0.3 is 9.23 Å². The molecule has 1 heterocycles. The van der Waals surface area contributed by atoms with Crippen LogP contribution in [0.15, 0.2) is 25.3 Å². The van der Waals surface area contributed by atoms with Crippen LogP contribution in [0.1, 0.15) is 19.6 Å². The molecule has 0 bridgehead atoms. The van der Waals surface area contributed by atoms with Crippen molar-refractivity contribution >= 4 is 26.2 Å². The molecule has 8 nitrogen and oxygen atoms in total. The van der Waals surface area contributed by atoms with Gasteiger partial charge in [0.25, 0.3) is 6.33 Å². The van der Waals surface area contributed by atoms with E-state index in [-0.39, 0.29) is 0 Å². The fourth-order valence-electron chi connectivity index (χ4n) is 1.09. The minimum absolute atomic E-state index is 0.420. The van der Waals surface area contributed by atoms with Gasteiger partial charge in [-0.2, -0.15) is 26.3 Å². The molecule has 1 aromatic heterocycles. The standard InChI is InChI=1S/C8H13N2O.C2F6NO4S2/c1-3-8(11)10-6-5-9(4-2)7-10;3-1(4,5)14(10,11)9-15(12,13)2(6,7)8/h4-8,11H,2-3H2,1H3;/q+1;-1. The lowest BCUT2D eigenvalue weighted by atomic mass is 10.4. The van der Waals surface area contributed by atoms with Crippen molar-refractivity contribution < 1.29 is 52.9 Å². The van der Waals surface area contributed by atoms with E-state index in [1.54, 1.807) is 21.7 Å². The third-order valence-electron chi connectivity index (χ3n) is 2.38. The van der Waals surface area contributed by atoms with E-state index in [4.69, 9.17) is 0 Å². The van der Waals surface area contributed by atoms with Crippen molar-refractivity contribution in [2.24, 2.45) is 0 Å². The highest BCUT2D eigenvalue weighted by atomic mass is 32.3. The quantitative estimate of drug-likeness (QED) is 0.563. The second kappa shape index (κ2) is 8.36. The maximum absolute atomic E-state index is 11.4. The molecule has 0 saturated carbocycles. The summed E-state index contributed by atoms with van der Waals surface area (Å²) < 4.78 is 113. The molecule has 0 spiro atoms. The molecule has 0 amide bonds. The van der Waals surface area contributed by atoms with E-state index in [0.717, 1.165) is 4.13 Å². The predicted molar refractivity (Wildman–Crippen MR) is 75.9 cm³/mol. The molecule has 1 N–H and O–H groups in total. The summed E-state index contributed by atoms with van der Waals surface area (Å²) in [5.74, 6) is 0. The van der Waals surface area contributed by atoms with Crippen LogP contribution in [0.2, 0.25) is 0 Å². The SMILES string of the molecule is C=Cn1cc[n+](C(O)CC)c1.O=S(=O)([N-]S(=O)(=O)C(F)(F)F)C(F)(F)F. The normalized spacial score (nSPS) is 14.3. The van der Waals surface area contributed by atoms with Crippen molar-refractivity contribution in [1.82, 2.24) is 4.57 Å². The molecule has 0 saturated heterocycles. The average Bonchev–Trinajstić information content (AvgIpc) is 2.92. The smallest absolute Gasteiger partial charge is 0.421 e. The summed E-state index contributed by atoms with van der Waals surface area (Å²) >= 11 is 0. The molecule has 152 valence electrons. The number of imidazole rings is 1. The lowest BCUT2D eigenvalue weighted by Gasteiger charge is -2.22. The third kappa shape index (κ3) is 6.58. The number of rotatable bonds is 5. The van der Waals surface area contributed by atoms with E-state index in [1.165, 1.54) is 0 Å². The largest absolute Gasteiger partial charge is 0.480 e. The molecular formula is C10H13F6N3O5S2. The van der Waals surface area contributed by atoms with Crippen molar-refractivity contribution in [3.8, 4) is 0 Å². The fraction of sp³-hybridized carbons (Fsp3) is 0.500. The lowest BCUT2D eigenvalue weighted by molar-refractivity contribution is -0.759. The zero-order chi connectivity index (χ0) is 21.0. The van der Waals surface area contributed by atoms with Gasteiger partial charge in [0.05, 0.1) is 6.20 Å². The molecule has 1 unspecified atom stereocenters. The monoisotopic (exact) mass is 433 g/mol. The van der Waals surface area contributed by atoms with Crippen LogP contribution < -0.4 is 4.57 Å². The summed E-state index contributed by atoms with van der Waals surface area (Å²) in [6, 6.07) is 0. The number of aliphatic hydroxyl groups is 1. The maximum Gasteiger partial charge on any atom is 0.480 e. The molecule has 0 aliphatic rings. The van der Waals surface area contributed by atoms with Gasteiger partial charge in [-0.1, -0.05) is 13.5 Å². The Kier molecular flexibility index (Phi) is 7.83. The molecular weight excluding hydrogens is 420 g/mol. The van der Waals surface area contributed by atoms with Gasteiger partial charge in [0.1, 0.15) is 12.4 Å². The van der Waals surface area contributed by atoms with Gasteiger partial charge in [-0.05, 0) is 0 Å². The Labute approximate surface area is 144 Å². The number of hydrogen-bond donors (Lipinski definition) is 1. The summed E-state index contributed by atoms with van der Waals surface area (Å²) in [6.07, 6.45) is 7.42. The Balaban J connectivity index is 0.000000502. The van der Waals surface area contributed by atoms with Crippen LogP contribution in [0, 0.1) is 0 Å². The molecule has 0 aliphatic heterocycles. The van der Waals surface area contributed by atoms with Crippen LogP contribution in [0.3, 0.4) is 0 Å². The van der Waals surface area contributed by atoms with E-state index in [2.05, 4.69) is 6.58 Å². The molecule has 26 heavy (non-hydrogen) atoms. The van der Waals surface area contributed by atoms with Crippen LogP contribution in [-0.2, 0) is 20.0 Å². The lowest BCUT2D eigenvalue weighted by Crippen LogP contribution is -2.36. The Morgan fingerprint density at radius 3 is 1.85 bits per heavy atom. The number of sulfonamides is 2. The van der Waals surface area contributed by atoms with Crippen LogP contribution in [0.5, 0.6) is 0 Å². The van der Waals surface area contributed by atoms with Crippen LogP contribution in [0.4, 0.5) is 26.3 Å². The van der Waals surface area contributed by atoms with Crippen molar-refractivity contribution in [1.29, 1.82) is 0 Å². The summed E-state index contributed by atoms with van der Waals surface area (Å²) in [5, 5.41) is 9.35. The summed E-state index contributed by atoms with van der Waals surface area (Å²) in [6.45, 7) is 5.53. The van der Waals surface area contributed by atoms with Crippen molar-refractivity contribution in [2.45, 2.75) is 30.6 Å². The topological polar surface area (TPSA) is 111 Å². The molecule has 16 heteroatoms. The highest BCUT2D eigenvalue weighted by Gasteiger charge is 2.46. The highest BCUT2D eigenvalue weighted by molar-refractivity contribution is 8.13. The Morgan fingerprint density at radius 2 is 1.58 bits per heavy atom. The van der Waals surface area contributed by atoms with Gasteiger partial charge in [-0.3, -0.25) is 0 Å². The predicted octanol–water partition coefficient (Wildman–Crippen LogP) is 1.84. The number of aromatic nitrogens is 2. The van der Waals surface area contributed by atoms with Gasteiger partial charge in [0.2, 0.25) is 0 Å². The Hall–Kier alpha value is -1.65. The average molecular weight is 433 g/mol. The molecule has 1 aromatic rings. The van der Waals surface area contributed by atoms with E-state index < -0.39 is 37.3 Å². The first-order valence-corrected chi connectivity index (χ1v) is 9.12. The van der Waals surface area contributed by atoms with Crippen LogP contribution >= 0.6 is 0 Å². The number of halogens is 6. The van der Waals surface area contributed by atoms with Crippen LogP contribution in [-0.4, -0.2) is 37.5 Å². The molecule has 0 fully saturated rings. The minimum Gasteiger partial charge on any atom is -0.421 e. The summed E-state index contributed by atoms with van der Waals surface area (Å²) in [5.41, 5.74) is -12.4. The number of aliphatic hydroxyl groups excluding tert-OH is 1. The molecule has 1 rings (SSSR count). The van der Waals surface area contributed by atoms with E-state index in [0.29, 0.717) is 6.42 Å². The Bertz CT molecular complexity index is 771. The second-order valence-corrected chi connectivity index (χ2v) is 7.72. The van der Waals surface area contributed by atoms with Gasteiger partial charge in [-0.25, -0.2) is 26.0 Å². The zero-order valence-electron chi connectivity index (χ0n) is 12.8. The van der Waals surface area contributed by atoms with E-state index >= 15 is 0 Å². The maximum atomic E-state index is 11.4. The van der Waals surface area contributed by atoms with Crippen molar-refractivity contribution in [3.05, 3.63) is 29.4 Å². The molecule has 1 atom stereocenters. The first-order valence-electron chi connectivity index (χ1n) is 6.24. The first kappa shape index (κ1) is 24.3. The number of nitrogens with zero attached hydrogens (tertiary/aromatic N) is 3. The van der Waals surface area contributed by atoms with E-state index in [9.17, 15) is 48.3 Å². The van der Waals surface area contributed by atoms with Crippen molar-refractivity contribution in [2.75, 3.05) is 0 Å². The van der Waals surface area contributed by atoms with Gasteiger partial charge in [-0.15, -0.1) is 0 Å². The van der Waals surface area contributed by atoms with Crippen molar-refractivity contribution in [3.63, 3.8) is 0 Å². The van der Waals surface area contributed by atoms with Crippen LogP contribution in [0.25, 0.3) is 10.3 Å². The van der Waals surface area contributed by atoms with Gasteiger partial charge >= 0.3 is 11.0 Å².